The number of carbonyl (C=O) groups excluding carboxylic acids is 1. The van der Waals surface area contributed by atoms with E-state index >= 15 is 0 Å². The van der Waals surface area contributed by atoms with Crippen molar-refractivity contribution in [2.24, 2.45) is 0 Å². The van der Waals surface area contributed by atoms with Gasteiger partial charge in [-0.1, -0.05) is 0 Å². The molecule has 0 fully saturated rings. The smallest absolute Gasteiger partial charge is 0.354 e. The molecule has 0 amide bonds. The number of hydrogen-bond acceptors (Lipinski definition) is 4. The van der Waals surface area contributed by atoms with Crippen LogP contribution in [0.1, 0.15) is 29.5 Å². The summed E-state index contributed by atoms with van der Waals surface area (Å²) in [6.45, 7) is 1.98. The van der Waals surface area contributed by atoms with Crippen molar-refractivity contribution in [3.8, 4) is 0 Å². The van der Waals surface area contributed by atoms with Crippen LogP contribution in [0.2, 0.25) is 0 Å². The van der Waals surface area contributed by atoms with Crippen molar-refractivity contribution in [1.29, 1.82) is 0 Å². The second kappa shape index (κ2) is 3.93. The highest BCUT2D eigenvalue weighted by Gasteiger charge is 2.27. The molecular formula is C10H13NO4S. The zero-order valence-corrected chi connectivity index (χ0v) is 9.76. The molecule has 0 saturated heterocycles. The molecule has 1 aliphatic rings. The van der Waals surface area contributed by atoms with Crippen molar-refractivity contribution in [3.05, 3.63) is 17.5 Å². The Morgan fingerprint density at radius 1 is 1.56 bits per heavy atom. The van der Waals surface area contributed by atoms with E-state index < -0.39 is 15.8 Å². The van der Waals surface area contributed by atoms with E-state index in [0.29, 0.717) is 18.5 Å². The van der Waals surface area contributed by atoms with Gasteiger partial charge in [-0.2, -0.15) is 0 Å². The van der Waals surface area contributed by atoms with Gasteiger partial charge in [0.15, 0.2) is 9.84 Å². The topological polar surface area (TPSA) is 76.2 Å². The van der Waals surface area contributed by atoms with Crippen molar-refractivity contribution < 1.29 is 17.9 Å². The second-order valence-electron chi connectivity index (χ2n) is 3.67. The van der Waals surface area contributed by atoms with E-state index in [-0.39, 0.29) is 22.9 Å². The van der Waals surface area contributed by atoms with E-state index in [0.717, 1.165) is 0 Å². The van der Waals surface area contributed by atoms with Crippen LogP contribution in [-0.4, -0.2) is 31.7 Å². The van der Waals surface area contributed by atoms with Crippen LogP contribution in [-0.2, 0) is 21.0 Å². The fourth-order valence-corrected chi connectivity index (χ4v) is 3.38. The highest BCUT2D eigenvalue weighted by atomic mass is 32.2. The van der Waals surface area contributed by atoms with Crippen LogP contribution in [0.4, 0.5) is 0 Å². The van der Waals surface area contributed by atoms with Crippen LogP contribution in [0.25, 0.3) is 0 Å². The molecule has 1 aliphatic heterocycles. The second-order valence-corrected chi connectivity index (χ2v) is 5.75. The SMILES string of the molecule is CCOC(=O)c1cc2c([nH]1)CCCS2(=O)=O. The molecule has 0 atom stereocenters. The Kier molecular flexibility index (Phi) is 2.75. The number of sulfone groups is 1. The number of fused-ring (bicyclic) bond motifs is 1. The highest BCUT2D eigenvalue weighted by molar-refractivity contribution is 7.91. The molecule has 5 nitrogen and oxygen atoms in total. The van der Waals surface area contributed by atoms with Crippen molar-refractivity contribution >= 4 is 15.8 Å². The number of ether oxygens (including phenoxy) is 1. The summed E-state index contributed by atoms with van der Waals surface area (Å²) in [4.78, 5) is 14.5. The fraction of sp³-hybridized carbons (Fsp3) is 0.500. The third-order valence-corrected chi connectivity index (χ3v) is 4.39. The fourth-order valence-electron chi connectivity index (χ4n) is 1.81. The summed E-state index contributed by atoms with van der Waals surface area (Å²) in [5.74, 6) is -0.354. The summed E-state index contributed by atoms with van der Waals surface area (Å²) >= 11 is 0. The van der Waals surface area contributed by atoms with Crippen molar-refractivity contribution in [3.63, 3.8) is 0 Å². The Hall–Kier alpha value is -1.30. The summed E-state index contributed by atoms with van der Waals surface area (Å²) in [7, 11) is -3.21. The van der Waals surface area contributed by atoms with Crippen LogP contribution >= 0.6 is 0 Å². The van der Waals surface area contributed by atoms with Crippen LogP contribution in [0.5, 0.6) is 0 Å². The molecule has 1 aromatic rings. The predicted molar refractivity (Wildman–Crippen MR) is 57.1 cm³/mol. The quantitative estimate of drug-likeness (QED) is 0.783. The molecule has 0 spiro atoms. The van der Waals surface area contributed by atoms with Gasteiger partial charge in [-0.15, -0.1) is 0 Å². The monoisotopic (exact) mass is 243 g/mol. The molecule has 0 saturated carbocycles. The lowest BCUT2D eigenvalue weighted by Gasteiger charge is -2.10. The van der Waals surface area contributed by atoms with Crippen LogP contribution < -0.4 is 0 Å². The lowest BCUT2D eigenvalue weighted by atomic mass is 10.2. The Bertz CT molecular complexity index is 515. The van der Waals surface area contributed by atoms with Gasteiger partial charge in [0.05, 0.1) is 17.3 Å². The zero-order chi connectivity index (χ0) is 11.8. The van der Waals surface area contributed by atoms with Gasteiger partial charge in [0.2, 0.25) is 0 Å². The molecule has 2 rings (SSSR count). The number of H-pyrrole nitrogens is 1. The maximum atomic E-state index is 11.7. The van der Waals surface area contributed by atoms with Gasteiger partial charge in [-0.25, -0.2) is 13.2 Å². The Morgan fingerprint density at radius 3 is 2.94 bits per heavy atom. The predicted octanol–water partition coefficient (Wildman–Crippen LogP) is 0.911. The van der Waals surface area contributed by atoms with E-state index in [2.05, 4.69) is 4.98 Å². The minimum absolute atomic E-state index is 0.153. The maximum absolute atomic E-state index is 11.7. The molecule has 1 aromatic heterocycles. The van der Waals surface area contributed by atoms with Crippen LogP contribution in [0, 0.1) is 0 Å². The highest BCUT2D eigenvalue weighted by Crippen LogP contribution is 2.25. The molecule has 0 unspecified atom stereocenters. The first-order valence-electron chi connectivity index (χ1n) is 5.16. The van der Waals surface area contributed by atoms with Crippen LogP contribution in [0.3, 0.4) is 0 Å². The van der Waals surface area contributed by atoms with Gasteiger partial charge < -0.3 is 9.72 Å². The Morgan fingerprint density at radius 2 is 2.31 bits per heavy atom. The van der Waals surface area contributed by atoms with Gasteiger partial charge in [0.1, 0.15) is 5.69 Å². The van der Waals surface area contributed by atoms with E-state index in [9.17, 15) is 13.2 Å². The number of carbonyl (C=O) groups is 1. The van der Waals surface area contributed by atoms with Crippen molar-refractivity contribution in [2.45, 2.75) is 24.7 Å². The Balaban J connectivity index is 2.40. The molecular weight excluding hydrogens is 230 g/mol. The molecule has 6 heteroatoms. The first-order valence-corrected chi connectivity index (χ1v) is 6.81. The number of aryl methyl sites for hydroxylation is 1. The number of rotatable bonds is 2. The third-order valence-electron chi connectivity index (χ3n) is 2.53. The molecule has 0 bridgehead atoms. The lowest BCUT2D eigenvalue weighted by Crippen LogP contribution is -2.14. The number of esters is 1. The minimum Gasteiger partial charge on any atom is -0.461 e. The minimum atomic E-state index is -3.21. The van der Waals surface area contributed by atoms with Crippen LogP contribution in [0.15, 0.2) is 11.0 Å². The largest absolute Gasteiger partial charge is 0.461 e. The first-order chi connectivity index (χ1) is 7.54. The molecule has 1 N–H and O–H groups in total. The number of aromatic nitrogens is 1. The summed E-state index contributed by atoms with van der Waals surface area (Å²) in [6, 6.07) is 1.38. The van der Waals surface area contributed by atoms with Gasteiger partial charge in [-0.05, 0) is 25.8 Å². The average molecular weight is 243 g/mol. The van der Waals surface area contributed by atoms with E-state index in [1.54, 1.807) is 6.92 Å². The maximum Gasteiger partial charge on any atom is 0.354 e. The normalized spacial score (nSPS) is 17.8. The summed E-state index contributed by atoms with van der Waals surface area (Å²) in [5.41, 5.74) is 0.839. The number of aromatic amines is 1. The van der Waals surface area contributed by atoms with Gasteiger partial charge in [0.25, 0.3) is 0 Å². The van der Waals surface area contributed by atoms with E-state index in [1.165, 1.54) is 6.07 Å². The summed E-state index contributed by atoms with van der Waals surface area (Å²) in [6.07, 6.45) is 1.26. The molecule has 0 aromatic carbocycles. The number of hydrogen-bond donors (Lipinski definition) is 1. The van der Waals surface area contributed by atoms with E-state index in [1.807, 2.05) is 0 Å². The van der Waals surface area contributed by atoms with Gasteiger partial charge in [0, 0.05) is 5.69 Å². The molecule has 0 radical (unpaired) electrons. The number of nitrogens with one attached hydrogen (secondary N) is 1. The summed E-state index contributed by atoms with van der Waals surface area (Å²) in [5, 5.41) is 0. The first kappa shape index (κ1) is 11.2. The molecule has 2 heterocycles. The summed E-state index contributed by atoms with van der Waals surface area (Å²) < 4.78 is 28.2. The molecule has 88 valence electrons. The third kappa shape index (κ3) is 1.84. The van der Waals surface area contributed by atoms with Crippen molar-refractivity contribution in [1.82, 2.24) is 4.98 Å². The average Bonchev–Trinajstić information content (AvgIpc) is 2.63. The standard InChI is InChI=1S/C10H13NO4S/c1-2-15-10(12)8-6-9-7(11-8)4-3-5-16(9,13)14/h6,11H,2-5H2,1H3. The van der Waals surface area contributed by atoms with Crippen molar-refractivity contribution in [2.75, 3.05) is 12.4 Å². The van der Waals surface area contributed by atoms with Gasteiger partial charge >= 0.3 is 5.97 Å². The zero-order valence-electron chi connectivity index (χ0n) is 8.95. The molecule has 0 aliphatic carbocycles. The lowest BCUT2D eigenvalue weighted by molar-refractivity contribution is 0.0520. The Labute approximate surface area is 93.7 Å². The van der Waals surface area contributed by atoms with E-state index in [4.69, 9.17) is 4.74 Å². The van der Waals surface area contributed by atoms with Gasteiger partial charge in [-0.3, -0.25) is 0 Å². The molecule has 16 heavy (non-hydrogen) atoms.